The highest BCUT2D eigenvalue weighted by atomic mass is 35.5. The summed E-state index contributed by atoms with van der Waals surface area (Å²) in [7, 11) is -2.03. The van der Waals surface area contributed by atoms with Crippen molar-refractivity contribution in [3.05, 3.63) is 53.1 Å². The van der Waals surface area contributed by atoms with Crippen LogP contribution in [0.25, 0.3) is 0 Å². The molecule has 0 atom stereocenters. The molecule has 1 heterocycles. The van der Waals surface area contributed by atoms with Gasteiger partial charge in [0, 0.05) is 29.7 Å². The largest absolute Gasteiger partial charge is 0.497 e. The molecule has 3 rings (SSSR count). The number of nitrogens with one attached hydrogen (secondary N) is 1. The van der Waals surface area contributed by atoms with Crippen LogP contribution in [0.15, 0.2) is 47.4 Å². The lowest BCUT2D eigenvalue weighted by atomic mass is 9.97. The Balaban J connectivity index is 1.61. The maximum atomic E-state index is 12.8. The molecule has 1 fully saturated rings. The summed E-state index contributed by atoms with van der Waals surface area (Å²) in [5.41, 5.74) is 1.52. The van der Waals surface area contributed by atoms with Gasteiger partial charge in [-0.25, -0.2) is 8.42 Å². The first-order valence-electron chi connectivity index (χ1n) is 9.02. The normalized spacial score (nSPS) is 16.0. The second kappa shape index (κ2) is 8.51. The van der Waals surface area contributed by atoms with E-state index in [9.17, 15) is 13.2 Å². The van der Waals surface area contributed by atoms with Gasteiger partial charge >= 0.3 is 0 Å². The number of aryl methyl sites for hydroxylation is 1. The van der Waals surface area contributed by atoms with Crippen molar-refractivity contribution in [2.24, 2.45) is 5.92 Å². The number of carbonyl (C=O) groups is 1. The average Bonchev–Trinajstić information content (AvgIpc) is 2.70. The van der Waals surface area contributed by atoms with Gasteiger partial charge in [0.15, 0.2) is 0 Å². The lowest BCUT2D eigenvalue weighted by Gasteiger charge is -2.30. The van der Waals surface area contributed by atoms with E-state index in [2.05, 4.69) is 5.32 Å². The summed E-state index contributed by atoms with van der Waals surface area (Å²) in [6.45, 7) is 2.43. The van der Waals surface area contributed by atoms with Crippen LogP contribution < -0.4 is 10.1 Å². The van der Waals surface area contributed by atoms with E-state index in [0.29, 0.717) is 42.4 Å². The zero-order chi connectivity index (χ0) is 20.3. The van der Waals surface area contributed by atoms with Crippen LogP contribution in [-0.2, 0) is 14.8 Å². The van der Waals surface area contributed by atoms with Crippen molar-refractivity contribution in [1.82, 2.24) is 4.31 Å². The highest BCUT2D eigenvalue weighted by Gasteiger charge is 2.32. The Hall–Kier alpha value is -2.09. The van der Waals surface area contributed by atoms with Gasteiger partial charge in [0.25, 0.3) is 0 Å². The van der Waals surface area contributed by atoms with Crippen LogP contribution >= 0.6 is 11.6 Å². The Labute approximate surface area is 170 Å². The molecule has 0 radical (unpaired) electrons. The Morgan fingerprint density at radius 3 is 2.36 bits per heavy atom. The topological polar surface area (TPSA) is 75.7 Å². The van der Waals surface area contributed by atoms with E-state index in [-0.39, 0.29) is 16.7 Å². The number of hydrogen-bond acceptors (Lipinski definition) is 4. The predicted octanol–water partition coefficient (Wildman–Crippen LogP) is 3.70. The Morgan fingerprint density at radius 2 is 1.79 bits per heavy atom. The molecule has 1 aliphatic heterocycles. The van der Waals surface area contributed by atoms with Gasteiger partial charge in [-0.1, -0.05) is 17.7 Å². The molecule has 2 aromatic carbocycles. The van der Waals surface area contributed by atoms with E-state index >= 15 is 0 Å². The molecule has 1 N–H and O–H groups in total. The van der Waals surface area contributed by atoms with Gasteiger partial charge in [0.05, 0.1) is 12.0 Å². The summed E-state index contributed by atoms with van der Waals surface area (Å²) < 4.78 is 32.2. The number of halogens is 1. The molecule has 150 valence electrons. The first-order valence-corrected chi connectivity index (χ1v) is 10.8. The fourth-order valence-electron chi connectivity index (χ4n) is 3.16. The minimum Gasteiger partial charge on any atom is -0.497 e. The number of methoxy groups -OCH3 is 1. The number of nitrogens with zero attached hydrogens (tertiary/aromatic N) is 1. The minimum atomic E-state index is -3.61. The Bertz CT molecular complexity index is 953. The highest BCUT2D eigenvalue weighted by molar-refractivity contribution is 7.89. The van der Waals surface area contributed by atoms with E-state index in [4.69, 9.17) is 16.3 Å². The van der Waals surface area contributed by atoms with E-state index in [1.165, 1.54) is 10.4 Å². The van der Waals surface area contributed by atoms with E-state index < -0.39 is 10.0 Å². The molecule has 0 saturated carbocycles. The average molecular weight is 423 g/mol. The molecule has 1 aliphatic rings. The van der Waals surface area contributed by atoms with Crippen molar-refractivity contribution in [2.75, 3.05) is 25.5 Å². The molecule has 0 unspecified atom stereocenters. The second-order valence-electron chi connectivity index (χ2n) is 6.81. The van der Waals surface area contributed by atoms with Crippen LogP contribution in [-0.4, -0.2) is 38.8 Å². The van der Waals surface area contributed by atoms with Crippen LogP contribution in [0.5, 0.6) is 5.75 Å². The number of hydrogen-bond donors (Lipinski definition) is 1. The van der Waals surface area contributed by atoms with Gasteiger partial charge < -0.3 is 10.1 Å². The van der Waals surface area contributed by atoms with Crippen molar-refractivity contribution in [2.45, 2.75) is 24.7 Å². The predicted molar refractivity (Wildman–Crippen MR) is 109 cm³/mol. The monoisotopic (exact) mass is 422 g/mol. The number of ether oxygens (including phenoxy) is 1. The number of benzene rings is 2. The van der Waals surface area contributed by atoms with Crippen LogP contribution in [0.3, 0.4) is 0 Å². The Morgan fingerprint density at radius 1 is 1.14 bits per heavy atom. The molecule has 1 saturated heterocycles. The Kier molecular flexibility index (Phi) is 6.27. The molecular weight excluding hydrogens is 400 g/mol. The third-order valence-corrected chi connectivity index (χ3v) is 7.27. The third kappa shape index (κ3) is 4.48. The first kappa shape index (κ1) is 20.6. The number of carbonyl (C=O) groups excluding carboxylic acids is 1. The summed E-state index contributed by atoms with van der Waals surface area (Å²) in [5, 5.41) is 3.31. The number of sulfonamides is 1. The summed E-state index contributed by atoms with van der Waals surface area (Å²) in [6.07, 6.45) is 0.946. The van der Waals surface area contributed by atoms with Gasteiger partial charge in [0.2, 0.25) is 15.9 Å². The van der Waals surface area contributed by atoms with Crippen LogP contribution in [0.2, 0.25) is 5.02 Å². The third-order valence-electron chi connectivity index (χ3n) is 4.96. The van der Waals surface area contributed by atoms with Crippen molar-refractivity contribution in [1.29, 1.82) is 0 Å². The molecule has 0 bridgehead atoms. The van der Waals surface area contributed by atoms with E-state index in [0.717, 1.165) is 5.56 Å². The fourth-order valence-corrected chi connectivity index (χ4v) is 4.90. The van der Waals surface area contributed by atoms with Gasteiger partial charge in [0.1, 0.15) is 5.75 Å². The lowest BCUT2D eigenvalue weighted by Crippen LogP contribution is -2.41. The fraction of sp³-hybridized carbons (Fsp3) is 0.350. The molecule has 6 nitrogen and oxygen atoms in total. The summed E-state index contributed by atoms with van der Waals surface area (Å²) in [5.74, 6) is 0.392. The van der Waals surface area contributed by atoms with Gasteiger partial charge in [-0.3, -0.25) is 4.79 Å². The van der Waals surface area contributed by atoms with Crippen molar-refractivity contribution in [3.63, 3.8) is 0 Å². The SMILES string of the molecule is COc1ccc(NC(=O)C2CCN(S(=O)(=O)c3ccc(C)c(Cl)c3)CC2)cc1. The van der Waals surface area contributed by atoms with Gasteiger partial charge in [-0.2, -0.15) is 4.31 Å². The smallest absolute Gasteiger partial charge is 0.243 e. The van der Waals surface area contributed by atoms with E-state index in [1.807, 2.05) is 6.92 Å². The zero-order valence-corrected chi connectivity index (χ0v) is 17.4. The quantitative estimate of drug-likeness (QED) is 0.797. The van der Waals surface area contributed by atoms with Crippen LogP contribution in [0, 0.1) is 12.8 Å². The highest BCUT2D eigenvalue weighted by Crippen LogP contribution is 2.27. The van der Waals surface area contributed by atoms with Gasteiger partial charge in [-0.15, -0.1) is 0 Å². The molecule has 2 aromatic rings. The van der Waals surface area contributed by atoms with Crippen molar-refractivity contribution in [3.8, 4) is 5.75 Å². The summed E-state index contributed by atoms with van der Waals surface area (Å²) >= 11 is 6.08. The van der Waals surface area contributed by atoms with E-state index in [1.54, 1.807) is 43.5 Å². The van der Waals surface area contributed by atoms with Crippen molar-refractivity contribution < 1.29 is 17.9 Å². The van der Waals surface area contributed by atoms with Crippen LogP contribution in [0.1, 0.15) is 18.4 Å². The number of piperidine rings is 1. The molecule has 0 aromatic heterocycles. The second-order valence-corrected chi connectivity index (χ2v) is 9.15. The lowest BCUT2D eigenvalue weighted by molar-refractivity contribution is -0.120. The molecule has 0 spiro atoms. The summed E-state index contributed by atoms with van der Waals surface area (Å²) in [4.78, 5) is 12.7. The zero-order valence-electron chi connectivity index (χ0n) is 15.8. The number of rotatable bonds is 5. The molecular formula is C20H23ClN2O4S. The number of amides is 1. The first-order chi connectivity index (χ1) is 13.3. The van der Waals surface area contributed by atoms with Gasteiger partial charge in [-0.05, 0) is 61.7 Å². The summed E-state index contributed by atoms with van der Waals surface area (Å²) in [6, 6.07) is 11.8. The maximum Gasteiger partial charge on any atom is 0.243 e. The molecule has 0 aliphatic carbocycles. The molecule has 8 heteroatoms. The molecule has 1 amide bonds. The number of anilines is 1. The van der Waals surface area contributed by atoms with Crippen LogP contribution in [0.4, 0.5) is 5.69 Å². The van der Waals surface area contributed by atoms with Crippen molar-refractivity contribution >= 4 is 33.2 Å². The minimum absolute atomic E-state index is 0.0967. The maximum absolute atomic E-state index is 12.8. The standard InChI is InChI=1S/C20H23ClN2O4S/c1-14-3-8-18(13-19(14)21)28(25,26)23-11-9-15(10-12-23)20(24)22-16-4-6-17(27-2)7-5-16/h3-8,13,15H,9-12H2,1-2H3,(H,22,24). The molecule has 28 heavy (non-hydrogen) atoms.